The first kappa shape index (κ1) is 13.7. The average Bonchev–Trinajstić information content (AvgIpc) is 2.42. The SMILES string of the molecule is CCCC(C)NCCn1cnc2ccccc2c1=O. The van der Waals surface area contributed by atoms with E-state index in [4.69, 9.17) is 0 Å². The molecule has 0 aliphatic rings. The van der Waals surface area contributed by atoms with Crippen molar-refractivity contribution in [3.8, 4) is 0 Å². The van der Waals surface area contributed by atoms with Gasteiger partial charge in [0.05, 0.1) is 17.2 Å². The number of nitrogens with one attached hydrogen (secondary N) is 1. The zero-order valence-corrected chi connectivity index (χ0v) is 11.6. The maximum atomic E-state index is 12.2. The van der Waals surface area contributed by atoms with Gasteiger partial charge >= 0.3 is 0 Å². The van der Waals surface area contributed by atoms with Crippen LogP contribution in [0.5, 0.6) is 0 Å². The molecule has 102 valence electrons. The zero-order valence-electron chi connectivity index (χ0n) is 11.6. The van der Waals surface area contributed by atoms with E-state index in [-0.39, 0.29) is 5.56 Å². The predicted molar refractivity (Wildman–Crippen MR) is 78.4 cm³/mol. The Morgan fingerprint density at radius 2 is 2.16 bits per heavy atom. The van der Waals surface area contributed by atoms with Crippen molar-refractivity contribution in [2.24, 2.45) is 0 Å². The van der Waals surface area contributed by atoms with Gasteiger partial charge in [0.25, 0.3) is 5.56 Å². The molecule has 0 fully saturated rings. The Morgan fingerprint density at radius 3 is 2.95 bits per heavy atom. The van der Waals surface area contributed by atoms with Crippen LogP contribution < -0.4 is 10.9 Å². The van der Waals surface area contributed by atoms with Crippen LogP contribution in [0.25, 0.3) is 10.9 Å². The van der Waals surface area contributed by atoms with E-state index in [1.54, 1.807) is 10.9 Å². The number of para-hydroxylation sites is 1. The monoisotopic (exact) mass is 259 g/mol. The van der Waals surface area contributed by atoms with Crippen molar-refractivity contribution in [1.82, 2.24) is 14.9 Å². The highest BCUT2D eigenvalue weighted by Gasteiger charge is 2.04. The van der Waals surface area contributed by atoms with E-state index in [2.05, 4.69) is 24.1 Å². The molecule has 19 heavy (non-hydrogen) atoms. The van der Waals surface area contributed by atoms with Crippen LogP contribution in [-0.4, -0.2) is 22.1 Å². The van der Waals surface area contributed by atoms with E-state index in [0.717, 1.165) is 18.5 Å². The third kappa shape index (κ3) is 3.41. The molecular weight excluding hydrogens is 238 g/mol. The molecule has 4 nitrogen and oxygen atoms in total. The largest absolute Gasteiger partial charge is 0.312 e. The van der Waals surface area contributed by atoms with Crippen LogP contribution in [-0.2, 0) is 6.54 Å². The number of nitrogens with zero attached hydrogens (tertiary/aromatic N) is 2. The number of fused-ring (bicyclic) bond motifs is 1. The smallest absolute Gasteiger partial charge is 0.261 e. The van der Waals surface area contributed by atoms with Crippen LogP contribution in [0.1, 0.15) is 26.7 Å². The number of rotatable bonds is 6. The van der Waals surface area contributed by atoms with Gasteiger partial charge in [-0.3, -0.25) is 9.36 Å². The molecule has 0 saturated heterocycles. The Labute approximate surface area is 113 Å². The summed E-state index contributed by atoms with van der Waals surface area (Å²) in [6, 6.07) is 7.95. The fraction of sp³-hybridized carbons (Fsp3) is 0.467. The second-order valence-corrected chi connectivity index (χ2v) is 4.90. The molecule has 2 rings (SSSR count). The third-order valence-corrected chi connectivity index (χ3v) is 3.30. The fourth-order valence-corrected chi connectivity index (χ4v) is 2.23. The molecule has 1 aromatic carbocycles. The van der Waals surface area contributed by atoms with Crippen molar-refractivity contribution in [2.45, 2.75) is 39.3 Å². The Morgan fingerprint density at radius 1 is 1.37 bits per heavy atom. The summed E-state index contributed by atoms with van der Waals surface area (Å²) in [4.78, 5) is 16.5. The number of benzene rings is 1. The molecule has 0 bridgehead atoms. The van der Waals surface area contributed by atoms with Crippen LogP contribution in [0.3, 0.4) is 0 Å². The lowest BCUT2D eigenvalue weighted by molar-refractivity contribution is 0.481. The first-order chi connectivity index (χ1) is 9.22. The highest BCUT2D eigenvalue weighted by molar-refractivity contribution is 5.76. The maximum Gasteiger partial charge on any atom is 0.261 e. The summed E-state index contributed by atoms with van der Waals surface area (Å²) in [6.45, 7) is 5.80. The van der Waals surface area contributed by atoms with E-state index in [1.165, 1.54) is 6.42 Å². The summed E-state index contributed by atoms with van der Waals surface area (Å²) in [6.07, 6.45) is 3.97. The minimum atomic E-state index is 0.0375. The molecule has 4 heteroatoms. The number of aromatic nitrogens is 2. The molecule has 0 amide bonds. The van der Waals surface area contributed by atoms with Gasteiger partial charge in [-0.25, -0.2) is 4.98 Å². The normalized spacial score (nSPS) is 12.7. The van der Waals surface area contributed by atoms with Crippen LogP contribution in [0.2, 0.25) is 0 Å². The summed E-state index contributed by atoms with van der Waals surface area (Å²) in [5.74, 6) is 0. The Bertz CT molecular complexity index is 591. The fourth-order valence-electron chi connectivity index (χ4n) is 2.23. The van der Waals surface area contributed by atoms with E-state index in [9.17, 15) is 4.79 Å². The summed E-state index contributed by atoms with van der Waals surface area (Å²) in [5.41, 5.74) is 0.798. The highest BCUT2D eigenvalue weighted by Crippen LogP contribution is 2.04. The number of hydrogen-bond acceptors (Lipinski definition) is 3. The van der Waals surface area contributed by atoms with Crippen molar-refractivity contribution in [2.75, 3.05) is 6.54 Å². The lowest BCUT2D eigenvalue weighted by atomic mass is 10.2. The zero-order chi connectivity index (χ0) is 13.7. The molecule has 1 heterocycles. The van der Waals surface area contributed by atoms with Gasteiger partial charge in [0.1, 0.15) is 0 Å². The van der Waals surface area contributed by atoms with Crippen molar-refractivity contribution in [3.63, 3.8) is 0 Å². The maximum absolute atomic E-state index is 12.2. The van der Waals surface area contributed by atoms with Gasteiger partial charge in [0, 0.05) is 19.1 Å². The molecule has 1 N–H and O–H groups in total. The molecule has 0 aliphatic heterocycles. The molecule has 2 aromatic rings. The first-order valence-corrected chi connectivity index (χ1v) is 6.90. The second kappa shape index (κ2) is 6.48. The van der Waals surface area contributed by atoms with Gasteiger partial charge in [0.15, 0.2) is 0 Å². The Kier molecular flexibility index (Phi) is 4.68. The minimum Gasteiger partial charge on any atom is -0.312 e. The summed E-state index contributed by atoms with van der Waals surface area (Å²) in [5, 5.41) is 4.11. The Balaban J connectivity index is 2.05. The lowest BCUT2D eigenvalue weighted by Crippen LogP contribution is -2.32. The van der Waals surface area contributed by atoms with Gasteiger partial charge in [-0.15, -0.1) is 0 Å². The molecule has 0 spiro atoms. The summed E-state index contributed by atoms with van der Waals surface area (Å²) < 4.78 is 1.67. The van der Waals surface area contributed by atoms with Crippen LogP contribution in [0, 0.1) is 0 Å². The molecule has 1 unspecified atom stereocenters. The standard InChI is InChI=1S/C15H21N3O/c1-3-6-12(2)16-9-10-18-11-17-14-8-5-4-7-13(14)15(18)19/h4-5,7-8,11-12,16H,3,6,9-10H2,1-2H3. The molecule has 0 saturated carbocycles. The molecule has 0 aliphatic carbocycles. The van der Waals surface area contributed by atoms with Crippen molar-refractivity contribution < 1.29 is 0 Å². The van der Waals surface area contributed by atoms with E-state index in [0.29, 0.717) is 18.0 Å². The molecular formula is C15H21N3O. The first-order valence-electron chi connectivity index (χ1n) is 6.90. The lowest BCUT2D eigenvalue weighted by Gasteiger charge is -2.13. The minimum absolute atomic E-state index is 0.0375. The van der Waals surface area contributed by atoms with Gasteiger partial charge in [-0.2, -0.15) is 0 Å². The van der Waals surface area contributed by atoms with Gasteiger partial charge in [0.2, 0.25) is 0 Å². The van der Waals surface area contributed by atoms with Crippen LogP contribution in [0.15, 0.2) is 35.4 Å². The Hall–Kier alpha value is -1.68. The van der Waals surface area contributed by atoms with Crippen molar-refractivity contribution in [3.05, 3.63) is 40.9 Å². The van der Waals surface area contributed by atoms with E-state index in [1.807, 2.05) is 24.3 Å². The number of hydrogen-bond donors (Lipinski definition) is 1. The van der Waals surface area contributed by atoms with E-state index >= 15 is 0 Å². The van der Waals surface area contributed by atoms with E-state index < -0.39 is 0 Å². The predicted octanol–water partition coefficient (Wildman–Crippen LogP) is 2.17. The van der Waals surface area contributed by atoms with Gasteiger partial charge in [-0.1, -0.05) is 25.5 Å². The van der Waals surface area contributed by atoms with Crippen molar-refractivity contribution >= 4 is 10.9 Å². The van der Waals surface area contributed by atoms with Crippen molar-refractivity contribution in [1.29, 1.82) is 0 Å². The third-order valence-electron chi connectivity index (χ3n) is 3.30. The van der Waals surface area contributed by atoms with Crippen LogP contribution in [0.4, 0.5) is 0 Å². The summed E-state index contributed by atoms with van der Waals surface area (Å²) >= 11 is 0. The highest BCUT2D eigenvalue weighted by atomic mass is 16.1. The topological polar surface area (TPSA) is 46.9 Å². The summed E-state index contributed by atoms with van der Waals surface area (Å²) in [7, 11) is 0. The molecule has 0 radical (unpaired) electrons. The van der Waals surface area contributed by atoms with Crippen LogP contribution >= 0.6 is 0 Å². The second-order valence-electron chi connectivity index (χ2n) is 4.90. The molecule has 1 atom stereocenters. The van der Waals surface area contributed by atoms with Gasteiger partial charge < -0.3 is 5.32 Å². The van der Waals surface area contributed by atoms with Gasteiger partial charge in [-0.05, 0) is 25.5 Å². The average molecular weight is 259 g/mol. The quantitative estimate of drug-likeness (QED) is 0.865. The molecule has 1 aromatic heterocycles.